The Morgan fingerprint density at radius 1 is 1.20 bits per heavy atom. The minimum atomic E-state index is -3.85. The Labute approximate surface area is 120 Å². The molecule has 2 aromatic carbocycles. The van der Waals surface area contributed by atoms with Crippen LogP contribution in [-0.2, 0) is 16.6 Å². The molecule has 0 amide bonds. The van der Waals surface area contributed by atoms with Crippen molar-refractivity contribution >= 4 is 27.3 Å². The van der Waals surface area contributed by atoms with E-state index in [-0.39, 0.29) is 22.2 Å². The summed E-state index contributed by atoms with van der Waals surface area (Å²) in [6.45, 7) is -0.265. The standard InChI is InChI=1S/C13H11ClFNO3S/c14-12-5-4-10(7-13(12)15)16-20(18,19)11-3-1-2-9(6-11)8-17/h1-7,16-17H,8H2. The van der Waals surface area contributed by atoms with Crippen LogP contribution in [0.2, 0.25) is 5.02 Å². The highest BCUT2D eigenvalue weighted by Gasteiger charge is 2.15. The molecule has 2 aromatic rings. The van der Waals surface area contributed by atoms with Crippen LogP contribution >= 0.6 is 11.6 Å². The predicted molar refractivity (Wildman–Crippen MR) is 74.6 cm³/mol. The van der Waals surface area contributed by atoms with E-state index in [2.05, 4.69) is 4.72 Å². The van der Waals surface area contributed by atoms with E-state index in [4.69, 9.17) is 16.7 Å². The molecular formula is C13H11ClFNO3S. The lowest BCUT2D eigenvalue weighted by molar-refractivity contribution is 0.281. The molecule has 2 rings (SSSR count). The first-order valence-electron chi connectivity index (χ1n) is 5.60. The van der Waals surface area contributed by atoms with Gasteiger partial charge in [0.1, 0.15) is 5.82 Å². The average Bonchev–Trinajstić information content (AvgIpc) is 2.43. The molecule has 0 fully saturated rings. The number of rotatable bonds is 4. The number of aliphatic hydroxyl groups excluding tert-OH is 1. The van der Waals surface area contributed by atoms with Crippen molar-refractivity contribution in [2.45, 2.75) is 11.5 Å². The van der Waals surface area contributed by atoms with Crippen molar-refractivity contribution in [2.75, 3.05) is 4.72 Å². The van der Waals surface area contributed by atoms with Crippen LogP contribution in [0.25, 0.3) is 0 Å². The van der Waals surface area contributed by atoms with Gasteiger partial charge in [0.05, 0.1) is 22.2 Å². The molecule has 0 bridgehead atoms. The lowest BCUT2D eigenvalue weighted by Crippen LogP contribution is -2.13. The van der Waals surface area contributed by atoms with Gasteiger partial charge >= 0.3 is 0 Å². The smallest absolute Gasteiger partial charge is 0.261 e. The zero-order valence-electron chi connectivity index (χ0n) is 10.2. The normalized spacial score (nSPS) is 11.3. The van der Waals surface area contributed by atoms with Crippen LogP contribution in [0.4, 0.5) is 10.1 Å². The van der Waals surface area contributed by atoms with Gasteiger partial charge in [-0.15, -0.1) is 0 Å². The van der Waals surface area contributed by atoms with Crippen molar-refractivity contribution in [3.05, 3.63) is 58.9 Å². The average molecular weight is 316 g/mol. The highest BCUT2D eigenvalue weighted by Crippen LogP contribution is 2.22. The minimum absolute atomic E-state index is 0.0144. The van der Waals surface area contributed by atoms with Gasteiger partial charge in [-0.05, 0) is 35.9 Å². The van der Waals surface area contributed by atoms with Crippen LogP contribution in [0.5, 0.6) is 0 Å². The SMILES string of the molecule is O=S(=O)(Nc1ccc(Cl)c(F)c1)c1cccc(CO)c1. The number of halogens is 2. The summed E-state index contributed by atoms with van der Waals surface area (Å²) in [6.07, 6.45) is 0. The molecule has 4 nitrogen and oxygen atoms in total. The Balaban J connectivity index is 2.32. The number of hydrogen-bond donors (Lipinski definition) is 2. The summed E-state index contributed by atoms with van der Waals surface area (Å²) in [5, 5.41) is 8.92. The number of anilines is 1. The lowest BCUT2D eigenvalue weighted by Gasteiger charge is -2.09. The van der Waals surface area contributed by atoms with Crippen LogP contribution in [0.15, 0.2) is 47.4 Å². The first-order chi connectivity index (χ1) is 9.42. The van der Waals surface area contributed by atoms with Gasteiger partial charge in [-0.3, -0.25) is 4.72 Å². The molecule has 0 atom stereocenters. The summed E-state index contributed by atoms with van der Waals surface area (Å²) in [6, 6.07) is 9.46. The van der Waals surface area contributed by atoms with Gasteiger partial charge in [0, 0.05) is 0 Å². The van der Waals surface area contributed by atoms with Crippen molar-refractivity contribution in [2.24, 2.45) is 0 Å². The van der Waals surface area contributed by atoms with Gasteiger partial charge in [-0.25, -0.2) is 12.8 Å². The molecule has 0 heterocycles. The third kappa shape index (κ3) is 3.27. The van der Waals surface area contributed by atoms with Gasteiger partial charge in [0.25, 0.3) is 10.0 Å². The van der Waals surface area contributed by atoms with E-state index in [0.717, 1.165) is 6.07 Å². The highest BCUT2D eigenvalue weighted by molar-refractivity contribution is 7.92. The molecule has 0 aliphatic carbocycles. The molecule has 20 heavy (non-hydrogen) atoms. The topological polar surface area (TPSA) is 66.4 Å². The molecule has 0 aromatic heterocycles. The predicted octanol–water partition coefficient (Wildman–Crippen LogP) is 2.77. The summed E-state index contributed by atoms with van der Waals surface area (Å²) in [4.78, 5) is -0.0144. The Bertz CT molecular complexity index is 734. The highest BCUT2D eigenvalue weighted by atomic mass is 35.5. The van der Waals surface area contributed by atoms with E-state index in [0.29, 0.717) is 5.56 Å². The van der Waals surface area contributed by atoms with Crippen molar-refractivity contribution < 1.29 is 17.9 Å². The Hall–Kier alpha value is -1.63. The molecule has 106 valence electrons. The van der Waals surface area contributed by atoms with Gasteiger partial charge < -0.3 is 5.11 Å². The van der Waals surface area contributed by atoms with Crippen molar-refractivity contribution in [1.82, 2.24) is 0 Å². The molecule has 0 aliphatic rings. The molecule has 7 heteroatoms. The number of benzene rings is 2. The van der Waals surface area contributed by atoms with Crippen molar-refractivity contribution in [3.63, 3.8) is 0 Å². The molecule has 2 N–H and O–H groups in total. The van der Waals surface area contributed by atoms with Crippen LogP contribution in [0.1, 0.15) is 5.56 Å². The third-order valence-electron chi connectivity index (χ3n) is 2.56. The number of aliphatic hydroxyl groups is 1. The van der Waals surface area contributed by atoms with Crippen molar-refractivity contribution in [1.29, 1.82) is 0 Å². The largest absolute Gasteiger partial charge is 0.392 e. The Morgan fingerprint density at radius 3 is 2.60 bits per heavy atom. The molecule has 0 saturated carbocycles. The fraction of sp³-hybridized carbons (Fsp3) is 0.0769. The van der Waals surface area contributed by atoms with E-state index in [1.54, 1.807) is 6.07 Å². The lowest BCUT2D eigenvalue weighted by atomic mass is 10.2. The molecule has 0 radical (unpaired) electrons. The summed E-state index contributed by atoms with van der Waals surface area (Å²) in [5.41, 5.74) is 0.538. The Kier molecular flexibility index (Phi) is 4.27. The van der Waals surface area contributed by atoms with Crippen LogP contribution in [0.3, 0.4) is 0 Å². The van der Waals surface area contributed by atoms with Gasteiger partial charge in [-0.2, -0.15) is 0 Å². The quantitative estimate of drug-likeness (QED) is 0.911. The van der Waals surface area contributed by atoms with Crippen LogP contribution < -0.4 is 4.72 Å². The molecule has 0 unspecified atom stereocenters. The summed E-state index contributed by atoms with van der Waals surface area (Å²) < 4.78 is 39.8. The number of nitrogens with one attached hydrogen (secondary N) is 1. The second-order valence-electron chi connectivity index (χ2n) is 4.04. The fourth-order valence-electron chi connectivity index (χ4n) is 1.58. The summed E-state index contributed by atoms with van der Waals surface area (Å²) >= 11 is 5.53. The van der Waals surface area contributed by atoms with E-state index < -0.39 is 15.8 Å². The molecular weight excluding hydrogens is 305 g/mol. The fourth-order valence-corrected chi connectivity index (χ4v) is 2.82. The maximum absolute atomic E-state index is 13.3. The van der Waals surface area contributed by atoms with Crippen LogP contribution in [-0.4, -0.2) is 13.5 Å². The number of hydrogen-bond acceptors (Lipinski definition) is 3. The van der Waals surface area contributed by atoms with E-state index >= 15 is 0 Å². The summed E-state index contributed by atoms with van der Waals surface area (Å²) in [7, 11) is -3.85. The first kappa shape index (κ1) is 14.8. The maximum atomic E-state index is 13.3. The van der Waals surface area contributed by atoms with E-state index in [1.165, 1.54) is 30.3 Å². The minimum Gasteiger partial charge on any atom is -0.392 e. The summed E-state index contributed by atoms with van der Waals surface area (Å²) in [5.74, 6) is -0.712. The van der Waals surface area contributed by atoms with E-state index in [9.17, 15) is 12.8 Å². The second kappa shape index (κ2) is 5.78. The van der Waals surface area contributed by atoms with Gasteiger partial charge in [0.15, 0.2) is 0 Å². The molecule has 0 aliphatic heterocycles. The second-order valence-corrected chi connectivity index (χ2v) is 6.13. The maximum Gasteiger partial charge on any atom is 0.261 e. The van der Waals surface area contributed by atoms with Crippen LogP contribution in [0, 0.1) is 5.82 Å². The van der Waals surface area contributed by atoms with E-state index in [1.807, 2.05) is 0 Å². The van der Waals surface area contributed by atoms with Gasteiger partial charge in [-0.1, -0.05) is 23.7 Å². The monoisotopic (exact) mass is 315 g/mol. The molecule has 0 spiro atoms. The number of sulfonamides is 1. The molecule has 0 saturated heterocycles. The van der Waals surface area contributed by atoms with Gasteiger partial charge in [0.2, 0.25) is 0 Å². The first-order valence-corrected chi connectivity index (χ1v) is 7.46. The Morgan fingerprint density at radius 2 is 1.95 bits per heavy atom. The zero-order valence-corrected chi connectivity index (χ0v) is 11.7. The van der Waals surface area contributed by atoms with Crippen molar-refractivity contribution in [3.8, 4) is 0 Å². The third-order valence-corrected chi connectivity index (χ3v) is 4.25. The zero-order chi connectivity index (χ0) is 14.8.